The van der Waals surface area contributed by atoms with E-state index in [9.17, 15) is 14.9 Å². The molecule has 0 saturated heterocycles. The molecule has 0 aliphatic rings. The summed E-state index contributed by atoms with van der Waals surface area (Å²) in [6, 6.07) is 11.3. The highest BCUT2D eigenvalue weighted by molar-refractivity contribution is 5.91. The van der Waals surface area contributed by atoms with Gasteiger partial charge in [-0.25, -0.2) is 0 Å². The second-order valence-corrected chi connectivity index (χ2v) is 5.45. The summed E-state index contributed by atoms with van der Waals surface area (Å²) < 4.78 is 10.4. The summed E-state index contributed by atoms with van der Waals surface area (Å²) in [7, 11) is 3.08. The van der Waals surface area contributed by atoms with Gasteiger partial charge in [-0.3, -0.25) is 14.9 Å². The average molecular weight is 359 g/mol. The summed E-state index contributed by atoms with van der Waals surface area (Å²) in [5, 5.41) is 16.5. The quantitative estimate of drug-likeness (QED) is 0.404. The predicted octanol–water partition coefficient (Wildman–Crippen LogP) is 3.44. The molecule has 0 saturated carbocycles. The SMILES string of the molecule is COc1ccc(NC(=O)CCCNc2ccc([N+](=O)[O-])cc2)cc1OC. The Bertz CT molecular complexity index is 762. The highest BCUT2D eigenvalue weighted by Crippen LogP contribution is 2.29. The van der Waals surface area contributed by atoms with E-state index >= 15 is 0 Å². The van der Waals surface area contributed by atoms with E-state index in [4.69, 9.17) is 9.47 Å². The molecule has 0 spiro atoms. The summed E-state index contributed by atoms with van der Waals surface area (Å²) in [6.07, 6.45) is 0.963. The maximum Gasteiger partial charge on any atom is 0.269 e. The third-order valence-electron chi connectivity index (χ3n) is 3.66. The van der Waals surface area contributed by atoms with Gasteiger partial charge in [-0.05, 0) is 30.7 Å². The van der Waals surface area contributed by atoms with Crippen LogP contribution in [-0.4, -0.2) is 31.6 Å². The van der Waals surface area contributed by atoms with Crippen LogP contribution >= 0.6 is 0 Å². The van der Waals surface area contributed by atoms with Crippen LogP contribution in [-0.2, 0) is 4.79 Å². The summed E-state index contributed by atoms with van der Waals surface area (Å²) in [4.78, 5) is 22.2. The number of non-ortho nitro benzene ring substituents is 1. The standard InChI is InChI=1S/C18H21N3O5/c1-25-16-10-7-14(12-17(16)26-2)20-18(22)4-3-11-19-13-5-8-15(9-6-13)21(23)24/h5-10,12,19H,3-4,11H2,1-2H3,(H,20,22). The first-order chi connectivity index (χ1) is 12.5. The minimum Gasteiger partial charge on any atom is -0.493 e. The Balaban J connectivity index is 1.76. The van der Waals surface area contributed by atoms with Crippen molar-refractivity contribution in [2.24, 2.45) is 0 Å². The van der Waals surface area contributed by atoms with Crippen LogP contribution in [0.4, 0.5) is 17.1 Å². The number of amides is 1. The van der Waals surface area contributed by atoms with Crippen molar-refractivity contribution >= 4 is 23.0 Å². The molecule has 0 unspecified atom stereocenters. The molecule has 0 atom stereocenters. The fourth-order valence-corrected chi connectivity index (χ4v) is 2.32. The van der Waals surface area contributed by atoms with Gasteiger partial charge >= 0.3 is 0 Å². The summed E-state index contributed by atoms with van der Waals surface area (Å²) in [5.74, 6) is 1.03. The maximum absolute atomic E-state index is 12.0. The zero-order chi connectivity index (χ0) is 18.9. The van der Waals surface area contributed by atoms with E-state index in [-0.39, 0.29) is 11.6 Å². The van der Waals surface area contributed by atoms with Crippen molar-refractivity contribution in [3.63, 3.8) is 0 Å². The molecule has 0 heterocycles. The molecule has 138 valence electrons. The number of nitrogens with one attached hydrogen (secondary N) is 2. The topological polar surface area (TPSA) is 103 Å². The third kappa shape index (κ3) is 5.37. The van der Waals surface area contributed by atoms with Crippen molar-refractivity contribution in [2.45, 2.75) is 12.8 Å². The van der Waals surface area contributed by atoms with Crippen LogP contribution in [0.5, 0.6) is 11.5 Å². The molecule has 26 heavy (non-hydrogen) atoms. The lowest BCUT2D eigenvalue weighted by Crippen LogP contribution is -2.13. The monoisotopic (exact) mass is 359 g/mol. The van der Waals surface area contributed by atoms with E-state index in [1.165, 1.54) is 19.2 Å². The van der Waals surface area contributed by atoms with Crippen LogP contribution in [0.1, 0.15) is 12.8 Å². The van der Waals surface area contributed by atoms with Gasteiger partial charge in [0.05, 0.1) is 19.1 Å². The Kier molecular flexibility index (Phi) is 6.78. The lowest BCUT2D eigenvalue weighted by atomic mass is 10.2. The highest BCUT2D eigenvalue weighted by atomic mass is 16.6. The average Bonchev–Trinajstić information content (AvgIpc) is 2.65. The second-order valence-electron chi connectivity index (χ2n) is 5.45. The van der Waals surface area contributed by atoms with Crippen molar-refractivity contribution < 1.29 is 19.2 Å². The minimum atomic E-state index is -0.442. The first kappa shape index (κ1) is 19.0. The van der Waals surface area contributed by atoms with E-state index in [0.717, 1.165) is 5.69 Å². The van der Waals surface area contributed by atoms with Crippen LogP contribution < -0.4 is 20.1 Å². The van der Waals surface area contributed by atoms with Crippen molar-refractivity contribution in [2.75, 3.05) is 31.4 Å². The van der Waals surface area contributed by atoms with Crippen LogP contribution in [0.2, 0.25) is 0 Å². The first-order valence-electron chi connectivity index (χ1n) is 8.03. The van der Waals surface area contributed by atoms with Gasteiger partial charge in [0.1, 0.15) is 0 Å². The van der Waals surface area contributed by atoms with Crippen LogP contribution in [0.15, 0.2) is 42.5 Å². The molecule has 0 aliphatic heterocycles. The molecule has 0 bridgehead atoms. The fourth-order valence-electron chi connectivity index (χ4n) is 2.32. The zero-order valence-electron chi connectivity index (χ0n) is 14.7. The molecule has 0 aromatic heterocycles. The zero-order valence-corrected chi connectivity index (χ0v) is 14.7. The summed E-state index contributed by atoms with van der Waals surface area (Å²) in [6.45, 7) is 0.581. The largest absolute Gasteiger partial charge is 0.493 e. The van der Waals surface area contributed by atoms with E-state index in [2.05, 4.69) is 10.6 Å². The molecule has 0 fully saturated rings. The Morgan fingerprint density at radius 3 is 2.31 bits per heavy atom. The van der Waals surface area contributed by atoms with Gasteiger partial charge in [-0.2, -0.15) is 0 Å². The molecule has 2 N–H and O–H groups in total. The highest BCUT2D eigenvalue weighted by Gasteiger charge is 2.08. The molecule has 8 nitrogen and oxygen atoms in total. The van der Waals surface area contributed by atoms with E-state index in [1.807, 2.05) is 0 Å². The maximum atomic E-state index is 12.0. The van der Waals surface area contributed by atoms with Crippen molar-refractivity contribution in [1.29, 1.82) is 0 Å². The Hall–Kier alpha value is -3.29. The van der Waals surface area contributed by atoms with Crippen LogP contribution in [0.25, 0.3) is 0 Å². The number of methoxy groups -OCH3 is 2. The number of benzene rings is 2. The van der Waals surface area contributed by atoms with Crippen molar-refractivity contribution in [3.05, 3.63) is 52.6 Å². The fraction of sp³-hybridized carbons (Fsp3) is 0.278. The number of nitro groups is 1. The van der Waals surface area contributed by atoms with Gasteiger partial charge in [0.25, 0.3) is 5.69 Å². The molecule has 2 aromatic carbocycles. The third-order valence-corrected chi connectivity index (χ3v) is 3.66. The molecular formula is C18H21N3O5. The number of carbonyl (C=O) groups is 1. The number of rotatable bonds is 9. The second kappa shape index (κ2) is 9.26. The van der Waals surface area contributed by atoms with Gasteiger partial charge in [0.2, 0.25) is 5.91 Å². The normalized spacial score (nSPS) is 10.1. The summed E-state index contributed by atoms with van der Waals surface area (Å²) in [5.41, 5.74) is 1.46. The Labute approximate surface area is 151 Å². The Morgan fingerprint density at radius 1 is 1.04 bits per heavy atom. The predicted molar refractivity (Wildman–Crippen MR) is 99.0 cm³/mol. The van der Waals surface area contributed by atoms with E-state index in [0.29, 0.717) is 36.6 Å². The number of hydrogen-bond acceptors (Lipinski definition) is 6. The number of nitrogens with zero attached hydrogens (tertiary/aromatic N) is 1. The van der Waals surface area contributed by atoms with Crippen LogP contribution in [0, 0.1) is 10.1 Å². The molecule has 8 heteroatoms. The number of hydrogen-bond donors (Lipinski definition) is 2. The van der Waals surface area contributed by atoms with Gasteiger partial charge in [0.15, 0.2) is 11.5 Å². The molecule has 0 radical (unpaired) electrons. The van der Waals surface area contributed by atoms with E-state index in [1.54, 1.807) is 37.4 Å². The molecule has 1 amide bonds. The lowest BCUT2D eigenvalue weighted by Gasteiger charge is -2.11. The molecule has 2 aromatic rings. The lowest BCUT2D eigenvalue weighted by molar-refractivity contribution is -0.384. The van der Waals surface area contributed by atoms with Gasteiger partial charge in [0, 0.05) is 42.5 Å². The van der Waals surface area contributed by atoms with E-state index < -0.39 is 4.92 Å². The number of anilines is 2. The number of ether oxygens (including phenoxy) is 2. The van der Waals surface area contributed by atoms with Crippen LogP contribution in [0.3, 0.4) is 0 Å². The number of carbonyl (C=O) groups excluding carboxylic acids is 1. The van der Waals surface area contributed by atoms with Gasteiger partial charge < -0.3 is 20.1 Å². The van der Waals surface area contributed by atoms with Gasteiger partial charge in [-0.1, -0.05) is 0 Å². The molecular weight excluding hydrogens is 338 g/mol. The Morgan fingerprint density at radius 2 is 1.69 bits per heavy atom. The first-order valence-corrected chi connectivity index (χ1v) is 8.03. The van der Waals surface area contributed by atoms with Crippen molar-refractivity contribution in [1.82, 2.24) is 0 Å². The summed E-state index contributed by atoms with van der Waals surface area (Å²) >= 11 is 0. The molecule has 2 rings (SSSR count). The minimum absolute atomic E-state index is 0.0462. The van der Waals surface area contributed by atoms with Gasteiger partial charge in [-0.15, -0.1) is 0 Å². The smallest absolute Gasteiger partial charge is 0.269 e. The van der Waals surface area contributed by atoms with Crippen molar-refractivity contribution in [3.8, 4) is 11.5 Å². The molecule has 0 aliphatic carbocycles. The number of nitro benzene ring substituents is 1.